The Balaban J connectivity index is 1.62. The third kappa shape index (κ3) is 3.70. The van der Waals surface area contributed by atoms with Gasteiger partial charge in [-0.3, -0.25) is 9.48 Å². The molecule has 1 unspecified atom stereocenters. The van der Waals surface area contributed by atoms with Crippen LogP contribution in [0.1, 0.15) is 13.0 Å². The number of para-hydroxylation sites is 1. The number of nitrogens with zero attached hydrogens (tertiary/aromatic N) is 4. The highest BCUT2D eigenvalue weighted by Crippen LogP contribution is 2.17. The molecule has 7 nitrogen and oxygen atoms in total. The van der Waals surface area contributed by atoms with Crippen molar-refractivity contribution in [1.29, 1.82) is 0 Å². The van der Waals surface area contributed by atoms with E-state index < -0.39 is 6.04 Å². The predicted octanol–water partition coefficient (Wildman–Crippen LogP) is 2.67. The molecule has 0 aliphatic heterocycles. The molecule has 0 aliphatic rings. The van der Waals surface area contributed by atoms with Crippen LogP contribution in [0.2, 0.25) is 0 Å². The number of hydrogen-bond donors (Lipinski definition) is 1. The zero-order chi connectivity index (χ0) is 16.1. The first-order chi connectivity index (χ1) is 11.2. The fraction of sp³-hybridized carbons (Fsp3) is 0.125. The van der Waals surface area contributed by atoms with Crippen molar-refractivity contribution in [3.63, 3.8) is 0 Å². The summed E-state index contributed by atoms with van der Waals surface area (Å²) in [5, 5.41) is 6.79. The number of carbonyl (C=O) groups is 1. The van der Waals surface area contributed by atoms with Crippen molar-refractivity contribution in [3.8, 4) is 11.8 Å². The third-order valence-corrected chi connectivity index (χ3v) is 3.15. The second-order valence-electron chi connectivity index (χ2n) is 4.82. The number of hydrogen-bond acceptors (Lipinski definition) is 5. The lowest BCUT2D eigenvalue weighted by atomic mass is 10.3. The van der Waals surface area contributed by atoms with Gasteiger partial charge in [0.15, 0.2) is 0 Å². The van der Waals surface area contributed by atoms with E-state index in [1.54, 1.807) is 30.1 Å². The molecule has 3 rings (SSSR count). The fourth-order valence-electron chi connectivity index (χ4n) is 1.90. The Morgan fingerprint density at radius 3 is 2.57 bits per heavy atom. The van der Waals surface area contributed by atoms with Crippen molar-refractivity contribution >= 4 is 11.6 Å². The SMILES string of the molecule is CC(C(=O)Nc1cnc(Oc2ccccc2)nc1)n1cccn1. The minimum absolute atomic E-state index is 0.200. The number of benzene rings is 1. The largest absolute Gasteiger partial charge is 0.424 e. The van der Waals surface area contributed by atoms with E-state index >= 15 is 0 Å². The van der Waals surface area contributed by atoms with Crippen LogP contribution in [0, 0.1) is 0 Å². The Hall–Kier alpha value is -3.22. The molecule has 0 bridgehead atoms. The Kier molecular flexibility index (Phi) is 4.28. The van der Waals surface area contributed by atoms with Crippen molar-refractivity contribution in [3.05, 3.63) is 61.2 Å². The predicted molar refractivity (Wildman–Crippen MR) is 84.1 cm³/mol. The maximum Gasteiger partial charge on any atom is 0.322 e. The van der Waals surface area contributed by atoms with Crippen LogP contribution in [0.15, 0.2) is 61.2 Å². The Morgan fingerprint density at radius 1 is 1.17 bits per heavy atom. The lowest BCUT2D eigenvalue weighted by Crippen LogP contribution is -2.24. The zero-order valence-corrected chi connectivity index (χ0v) is 12.5. The van der Waals surface area contributed by atoms with Gasteiger partial charge in [0.05, 0.1) is 18.1 Å². The maximum atomic E-state index is 12.1. The summed E-state index contributed by atoms with van der Waals surface area (Å²) in [5.74, 6) is 0.450. The molecule has 1 aromatic carbocycles. The normalized spacial score (nSPS) is 11.7. The molecular formula is C16H15N5O2. The van der Waals surface area contributed by atoms with E-state index in [4.69, 9.17) is 4.74 Å². The molecule has 1 amide bonds. The van der Waals surface area contributed by atoms with Gasteiger partial charge >= 0.3 is 6.01 Å². The molecular weight excluding hydrogens is 294 g/mol. The number of rotatable bonds is 5. The van der Waals surface area contributed by atoms with Crippen LogP contribution in [0.25, 0.3) is 0 Å². The summed E-state index contributed by atoms with van der Waals surface area (Å²) in [7, 11) is 0. The third-order valence-electron chi connectivity index (χ3n) is 3.15. The first-order valence-electron chi connectivity index (χ1n) is 7.07. The molecule has 23 heavy (non-hydrogen) atoms. The number of amides is 1. The second-order valence-corrected chi connectivity index (χ2v) is 4.82. The molecule has 0 saturated carbocycles. The summed E-state index contributed by atoms with van der Waals surface area (Å²) in [6.07, 6.45) is 6.36. The second kappa shape index (κ2) is 6.69. The van der Waals surface area contributed by atoms with E-state index in [0.717, 1.165) is 0 Å². The quantitative estimate of drug-likeness (QED) is 0.783. The van der Waals surface area contributed by atoms with Gasteiger partial charge in [0.2, 0.25) is 5.91 Å². The molecule has 3 aromatic rings. The number of carbonyl (C=O) groups excluding carboxylic acids is 1. The summed E-state index contributed by atoms with van der Waals surface area (Å²) in [6.45, 7) is 1.76. The Bertz CT molecular complexity index is 757. The summed E-state index contributed by atoms with van der Waals surface area (Å²) >= 11 is 0. The van der Waals surface area contributed by atoms with Gasteiger partial charge in [0, 0.05) is 12.4 Å². The zero-order valence-electron chi connectivity index (χ0n) is 12.5. The molecule has 1 atom stereocenters. The first-order valence-corrected chi connectivity index (χ1v) is 7.07. The highest BCUT2D eigenvalue weighted by atomic mass is 16.5. The number of ether oxygens (including phenoxy) is 1. The van der Waals surface area contributed by atoms with Crippen LogP contribution in [0.5, 0.6) is 11.8 Å². The van der Waals surface area contributed by atoms with Crippen LogP contribution < -0.4 is 10.1 Å². The van der Waals surface area contributed by atoms with Crippen LogP contribution >= 0.6 is 0 Å². The maximum absolute atomic E-state index is 12.1. The number of nitrogens with one attached hydrogen (secondary N) is 1. The van der Waals surface area contributed by atoms with Gasteiger partial charge in [-0.15, -0.1) is 0 Å². The summed E-state index contributed by atoms with van der Waals surface area (Å²) in [5.41, 5.74) is 0.495. The van der Waals surface area contributed by atoms with Crippen molar-refractivity contribution in [2.75, 3.05) is 5.32 Å². The van der Waals surface area contributed by atoms with E-state index in [1.807, 2.05) is 30.3 Å². The lowest BCUT2D eigenvalue weighted by molar-refractivity contribution is -0.119. The van der Waals surface area contributed by atoms with E-state index in [9.17, 15) is 4.79 Å². The fourth-order valence-corrected chi connectivity index (χ4v) is 1.90. The minimum Gasteiger partial charge on any atom is -0.424 e. The Morgan fingerprint density at radius 2 is 1.91 bits per heavy atom. The van der Waals surface area contributed by atoms with Crippen LogP contribution in [0.4, 0.5) is 5.69 Å². The summed E-state index contributed by atoms with van der Waals surface area (Å²) in [6, 6.07) is 10.8. The van der Waals surface area contributed by atoms with Gasteiger partial charge in [-0.1, -0.05) is 18.2 Å². The molecule has 116 valence electrons. The van der Waals surface area contributed by atoms with Gasteiger partial charge in [-0.25, -0.2) is 9.97 Å². The molecule has 0 saturated heterocycles. The number of anilines is 1. The molecule has 0 spiro atoms. The van der Waals surface area contributed by atoms with Gasteiger partial charge in [-0.2, -0.15) is 5.10 Å². The topological polar surface area (TPSA) is 81.9 Å². The van der Waals surface area contributed by atoms with Crippen LogP contribution in [-0.2, 0) is 4.79 Å². The van der Waals surface area contributed by atoms with Gasteiger partial charge in [0.1, 0.15) is 11.8 Å². The highest BCUT2D eigenvalue weighted by Gasteiger charge is 2.15. The highest BCUT2D eigenvalue weighted by molar-refractivity contribution is 5.93. The van der Waals surface area contributed by atoms with E-state index in [2.05, 4.69) is 20.4 Å². The van der Waals surface area contributed by atoms with E-state index in [-0.39, 0.29) is 11.9 Å². The molecule has 2 aromatic heterocycles. The van der Waals surface area contributed by atoms with Crippen LogP contribution in [-0.4, -0.2) is 25.7 Å². The minimum atomic E-state index is -0.426. The Labute approximate surface area is 133 Å². The van der Waals surface area contributed by atoms with Crippen molar-refractivity contribution in [2.45, 2.75) is 13.0 Å². The number of aromatic nitrogens is 4. The average molecular weight is 309 g/mol. The molecule has 0 aliphatic carbocycles. The molecule has 0 radical (unpaired) electrons. The van der Waals surface area contributed by atoms with Crippen molar-refractivity contribution in [2.24, 2.45) is 0 Å². The van der Waals surface area contributed by atoms with Crippen molar-refractivity contribution < 1.29 is 9.53 Å². The molecule has 7 heteroatoms. The van der Waals surface area contributed by atoms with E-state index in [0.29, 0.717) is 11.4 Å². The molecule has 2 heterocycles. The first kappa shape index (κ1) is 14.7. The lowest BCUT2D eigenvalue weighted by Gasteiger charge is -2.12. The smallest absolute Gasteiger partial charge is 0.322 e. The van der Waals surface area contributed by atoms with E-state index in [1.165, 1.54) is 12.4 Å². The van der Waals surface area contributed by atoms with Crippen LogP contribution in [0.3, 0.4) is 0 Å². The van der Waals surface area contributed by atoms with Gasteiger partial charge in [0.25, 0.3) is 0 Å². The van der Waals surface area contributed by atoms with Gasteiger partial charge in [-0.05, 0) is 25.1 Å². The monoisotopic (exact) mass is 309 g/mol. The average Bonchev–Trinajstić information content (AvgIpc) is 3.11. The molecule has 0 fully saturated rings. The standard InChI is InChI=1S/C16H15N5O2/c1-12(21-9-5-8-19-21)15(22)20-13-10-17-16(18-11-13)23-14-6-3-2-4-7-14/h2-12H,1H3,(H,20,22). The summed E-state index contributed by atoms with van der Waals surface area (Å²) < 4.78 is 7.07. The summed E-state index contributed by atoms with van der Waals surface area (Å²) in [4.78, 5) is 20.3. The van der Waals surface area contributed by atoms with Crippen molar-refractivity contribution in [1.82, 2.24) is 19.7 Å². The van der Waals surface area contributed by atoms with Gasteiger partial charge < -0.3 is 10.1 Å². The molecule has 1 N–H and O–H groups in total.